The third kappa shape index (κ3) is 1.63. The third-order valence-corrected chi connectivity index (χ3v) is 1.14. The highest BCUT2D eigenvalue weighted by atomic mass is 19.4. The number of rotatable bonds is 0. The Morgan fingerprint density at radius 1 is 1.36 bits per heavy atom. The van der Waals surface area contributed by atoms with Gasteiger partial charge in [-0.3, -0.25) is 0 Å². The van der Waals surface area contributed by atoms with Crippen LogP contribution in [-0.2, 0) is 6.18 Å². The van der Waals surface area contributed by atoms with Crippen LogP contribution >= 0.6 is 0 Å². The van der Waals surface area contributed by atoms with Gasteiger partial charge >= 0.3 is 6.18 Å². The summed E-state index contributed by atoms with van der Waals surface area (Å²) in [7, 11) is 0. The van der Waals surface area contributed by atoms with E-state index in [0.717, 1.165) is 6.07 Å². The molecular weight excluding hydrogens is 157 g/mol. The molecule has 1 aromatic carbocycles. The van der Waals surface area contributed by atoms with E-state index in [1.165, 1.54) is 12.1 Å². The highest BCUT2D eigenvalue weighted by Gasteiger charge is 2.33. The van der Waals surface area contributed by atoms with E-state index in [-0.39, 0.29) is 0 Å². The number of hydrogen-bond acceptors (Lipinski definition) is 1. The van der Waals surface area contributed by atoms with E-state index >= 15 is 0 Å². The van der Waals surface area contributed by atoms with Crippen LogP contribution in [0.1, 0.15) is 5.56 Å². The summed E-state index contributed by atoms with van der Waals surface area (Å²) in [6, 6.07) is 5.22. The summed E-state index contributed by atoms with van der Waals surface area (Å²) >= 11 is 0. The van der Waals surface area contributed by atoms with Gasteiger partial charge in [-0.05, 0) is 6.07 Å². The highest BCUT2D eigenvalue weighted by Crippen LogP contribution is 2.34. The molecule has 0 spiro atoms. The van der Waals surface area contributed by atoms with Crippen LogP contribution in [0.15, 0.2) is 18.2 Å². The van der Waals surface area contributed by atoms with E-state index in [1.54, 1.807) is 0 Å². The number of phenolic OH excluding ortho intramolecular Hbond substituents is 1. The van der Waals surface area contributed by atoms with Gasteiger partial charge < -0.3 is 5.11 Å². The molecule has 4 heteroatoms. The summed E-state index contributed by atoms with van der Waals surface area (Å²) in [5.74, 6) is -0.861. The fourth-order valence-electron chi connectivity index (χ4n) is 0.657. The third-order valence-electron chi connectivity index (χ3n) is 1.14. The Labute approximate surface area is 61.1 Å². The molecule has 0 aliphatic heterocycles. The van der Waals surface area contributed by atoms with Gasteiger partial charge in [0.15, 0.2) is 0 Å². The number of para-hydroxylation sites is 1. The van der Waals surface area contributed by atoms with Crippen molar-refractivity contribution >= 4 is 0 Å². The molecule has 11 heavy (non-hydrogen) atoms. The lowest BCUT2D eigenvalue weighted by atomic mass is 10.2. The maximum atomic E-state index is 11.9. The Balaban J connectivity index is 3.14. The molecule has 0 aliphatic rings. The Bertz CT molecular complexity index is 254. The van der Waals surface area contributed by atoms with E-state index < -0.39 is 17.5 Å². The Morgan fingerprint density at radius 2 is 2.00 bits per heavy atom. The Morgan fingerprint density at radius 3 is 2.36 bits per heavy atom. The first-order valence-corrected chi connectivity index (χ1v) is 2.78. The standard InChI is InChI=1S/C7H4F3O/c8-7(9,10)5-3-1-2-4-6(5)11/h1-3,11H. The summed E-state index contributed by atoms with van der Waals surface area (Å²) in [5.41, 5.74) is -1.06. The number of benzene rings is 1. The van der Waals surface area contributed by atoms with Crippen molar-refractivity contribution in [1.29, 1.82) is 0 Å². The maximum Gasteiger partial charge on any atom is 0.419 e. The predicted molar refractivity (Wildman–Crippen MR) is 31.9 cm³/mol. The molecule has 0 aromatic heterocycles. The summed E-state index contributed by atoms with van der Waals surface area (Å²) in [6.07, 6.45) is -4.50. The minimum atomic E-state index is -4.50. The fraction of sp³-hybridized carbons (Fsp3) is 0.143. The Kier molecular flexibility index (Phi) is 1.76. The van der Waals surface area contributed by atoms with Crippen LogP contribution in [0.4, 0.5) is 13.2 Å². The van der Waals surface area contributed by atoms with E-state index in [2.05, 4.69) is 0 Å². The topological polar surface area (TPSA) is 20.2 Å². The monoisotopic (exact) mass is 161 g/mol. The molecule has 0 fully saturated rings. The average Bonchev–Trinajstić information content (AvgIpc) is 1.86. The van der Waals surface area contributed by atoms with Gasteiger partial charge in [0.25, 0.3) is 0 Å². The fourth-order valence-corrected chi connectivity index (χ4v) is 0.657. The average molecular weight is 161 g/mol. The first-order chi connectivity index (χ1) is 5.02. The zero-order valence-electron chi connectivity index (χ0n) is 5.31. The second-order valence-corrected chi connectivity index (χ2v) is 1.93. The van der Waals surface area contributed by atoms with Crippen LogP contribution in [0.3, 0.4) is 0 Å². The normalized spacial score (nSPS) is 11.5. The van der Waals surface area contributed by atoms with Crippen molar-refractivity contribution in [3.8, 4) is 5.75 Å². The van der Waals surface area contributed by atoms with E-state index in [0.29, 0.717) is 0 Å². The van der Waals surface area contributed by atoms with Gasteiger partial charge in [0.2, 0.25) is 0 Å². The van der Waals surface area contributed by atoms with Crippen molar-refractivity contribution in [1.82, 2.24) is 0 Å². The Hall–Kier alpha value is -1.19. The van der Waals surface area contributed by atoms with E-state index in [1.807, 2.05) is 6.07 Å². The molecule has 0 aliphatic carbocycles. The molecule has 0 saturated carbocycles. The first kappa shape index (κ1) is 7.91. The van der Waals surface area contributed by atoms with Crippen LogP contribution in [-0.4, -0.2) is 5.11 Å². The molecule has 0 atom stereocenters. The van der Waals surface area contributed by atoms with Gasteiger partial charge in [-0.25, -0.2) is 0 Å². The first-order valence-electron chi connectivity index (χ1n) is 2.78. The number of halogens is 3. The zero-order chi connectivity index (χ0) is 8.48. The van der Waals surface area contributed by atoms with Crippen molar-refractivity contribution in [3.05, 3.63) is 29.8 Å². The molecule has 1 radical (unpaired) electrons. The largest absolute Gasteiger partial charge is 0.507 e. The predicted octanol–water partition coefficient (Wildman–Crippen LogP) is 2.21. The van der Waals surface area contributed by atoms with E-state index in [9.17, 15) is 13.2 Å². The lowest BCUT2D eigenvalue weighted by Gasteiger charge is -2.06. The van der Waals surface area contributed by atoms with Crippen LogP contribution in [0.2, 0.25) is 0 Å². The van der Waals surface area contributed by atoms with Crippen molar-refractivity contribution < 1.29 is 18.3 Å². The van der Waals surface area contributed by atoms with Crippen molar-refractivity contribution in [3.63, 3.8) is 0 Å². The molecule has 1 nitrogen and oxygen atoms in total. The number of alkyl halides is 3. The smallest absolute Gasteiger partial charge is 0.419 e. The molecule has 0 amide bonds. The molecule has 1 N–H and O–H groups in total. The molecule has 0 bridgehead atoms. The number of aromatic hydroxyl groups is 1. The van der Waals surface area contributed by atoms with Crippen LogP contribution < -0.4 is 0 Å². The van der Waals surface area contributed by atoms with Gasteiger partial charge in [0.1, 0.15) is 5.75 Å². The minimum Gasteiger partial charge on any atom is -0.507 e. The second-order valence-electron chi connectivity index (χ2n) is 1.93. The van der Waals surface area contributed by atoms with Gasteiger partial charge in [0.05, 0.1) is 5.56 Å². The lowest BCUT2D eigenvalue weighted by Crippen LogP contribution is -2.04. The van der Waals surface area contributed by atoms with Gasteiger partial charge in [-0.1, -0.05) is 12.1 Å². The van der Waals surface area contributed by atoms with Gasteiger partial charge in [-0.15, -0.1) is 0 Å². The second kappa shape index (κ2) is 2.45. The van der Waals surface area contributed by atoms with Crippen molar-refractivity contribution in [2.24, 2.45) is 0 Å². The molecule has 0 saturated heterocycles. The summed E-state index contributed by atoms with van der Waals surface area (Å²) < 4.78 is 35.6. The van der Waals surface area contributed by atoms with Crippen molar-refractivity contribution in [2.75, 3.05) is 0 Å². The molecule has 0 heterocycles. The summed E-state index contributed by atoms with van der Waals surface area (Å²) in [6.45, 7) is 0. The molecule has 1 aromatic rings. The number of phenols is 1. The highest BCUT2D eigenvalue weighted by molar-refractivity contribution is 5.32. The molecular formula is C7H4F3O. The summed E-state index contributed by atoms with van der Waals surface area (Å²) in [4.78, 5) is 0. The van der Waals surface area contributed by atoms with Gasteiger partial charge in [0, 0.05) is 6.07 Å². The molecule has 0 unspecified atom stereocenters. The SMILES string of the molecule is Oc1[c]cccc1C(F)(F)F. The molecule has 1 rings (SSSR count). The lowest BCUT2D eigenvalue weighted by molar-refractivity contribution is -0.138. The van der Waals surface area contributed by atoms with E-state index in [4.69, 9.17) is 5.11 Å². The summed E-state index contributed by atoms with van der Waals surface area (Å²) in [5, 5.41) is 8.67. The van der Waals surface area contributed by atoms with Crippen LogP contribution in [0.25, 0.3) is 0 Å². The quantitative estimate of drug-likeness (QED) is 0.618. The maximum absolute atomic E-state index is 11.9. The zero-order valence-corrected chi connectivity index (χ0v) is 5.31. The van der Waals surface area contributed by atoms with Crippen molar-refractivity contribution in [2.45, 2.75) is 6.18 Å². The minimum absolute atomic E-state index is 0.797. The van der Waals surface area contributed by atoms with Crippen LogP contribution in [0, 0.1) is 6.07 Å². The van der Waals surface area contributed by atoms with Crippen LogP contribution in [0.5, 0.6) is 5.75 Å². The number of hydrogen-bond donors (Lipinski definition) is 1. The van der Waals surface area contributed by atoms with Gasteiger partial charge in [-0.2, -0.15) is 13.2 Å². The molecule has 59 valence electrons.